The van der Waals surface area contributed by atoms with Crippen LogP contribution in [0.3, 0.4) is 0 Å². The zero-order valence-corrected chi connectivity index (χ0v) is 12.8. The molecule has 0 aliphatic carbocycles. The Balaban J connectivity index is 2.08. The van der Waals surface area contributed by atoms with Gasteiger partial charge in [0.25, 0.3) is 0 Å². The van der Waals surface area contributed by atoms with Gasteiger partial charge in [-0.05, 0) is 24.3 Å². The molecule has 0 saturated carbocycles. The van der Waals surface area contributed by atoms with Crippen LogP contribution in [0.4, 0.5) is 5.69 Å². The maximum atomic E-state index is 5.68. The third-order valence-corrected chi connectivity index (χ3v) is 3.67. The molecule has 0 radical (unpaired) electrons. The quantitative estimate of drug-likeness (QED) is 0.857. The van der Waals surface area contributed by atoms with Gasteiger partial charge in [-0.25, -0.2) is 0 Å². The Morgan fingerprint density at radius 2 is 2.00 bits per heavy atom. The number of rotatable bonds is 6. The van der Waals surface area contributed by atoms with Gasteiger partial charge in [-0.3, -0.25) is 0 Å². The molecule has 2 aromatic rings. The van der Waals surface area contributed by atoms with E-state index in [9.17, 15) is 0 Å². The Bertz CT molecular complexity index is 537. The Kier molecular flexibility index (Phi) is 5.05. The highest BCUT2D eigenvalue weighted by Crippen LogP contribution is 2.26. The van der Waals surface area contributed by atoms with E-state index >= 15 is 0 Å². The smallest absolute Gasteiger partial charge is 0.123 e. The van der Waals surface area contributed by atoms with Gasteiger partial charge in [-0.2, -0.15) is 0 Å². The first-order valence-electron chi connectivity index (χ1n) is 6.32. The predicted octanol–water partition coefficient (Wildman–Crippen LogP) is 4.36. The number of nitrogens with one attached hydrogen (secondary N) is 1. The molecule has 0 unspecified atom stereocenters. The molecule has 102 valence electrons. The summed E-state index contributed by atoms with van der Waals surface area (Å²) in [4.78, 5) is 0. The van der Waals surface area contributed by atoms with Crippen molar-refractivity contribution in [2.75, 3.05) is 12.4 Å². The molecule has 0 amide bonds. The van der Waals surface area contributed by atoms with Crippen molar-refractivity contribution < 1.29 is 9.15 Å². The average Bonchev–Trinajstić information content (AvgIpc) is 2.87. The van der Waals surface area contributed by atoms with Gasteiger partial charge in [0, 0.05) is 29.3 Å². The van der Waals surface area contributed by atoms with E-state index in [0.717, 1.165) is 33.7 Å². The van der Waals surface area contributed by atoms with Crippen LogP contribution < -0.4 is 5.32 Å². The lowest BCUT2D eigenvalue weighted by molar-refractivity contribution is 0.185. The fraction of sp³-hybridized carbons (Fsp3) is 0.333. The molecule has 1 aromatic carbocycles. The molecule has 0 fully saturated rings. The molecule has 4 heteroatoms. The minimum absolute atomic E-state index is 0.572. The van der Waals surface area contributed by atoms with Crippen molar-refractivity contribution in [3.8, 4) is 0 Å². The fourth-order valence-corrected chi connectivity index (χ4v) is 2.39. The van der Waals surface area contributed by atoms with E-state index in [1.165, 1.54) is 0 Å². The van der Waals surface area contributed by atoms with E-state index in [2.05, 4.69) is 28.2 Å². The third kappa shape index (κ3) is 3.61. The van der Waals surface area contributed by atoms with E-state index in [-0.39, 0.29) is 0 Å². The van der Waals surface area contributed by atoms with Crippen molar-refractivity contribution in [1.29, 1.82) is 0 Å². The van der Waals surface area contributed by atoms with Crippen molar-refractivity contribution in [2.24, 2.45) is 0 Å². The summed E-state index contributed by atoms with van der Waals surface area (Å²) in [6, 6.07) is 10.1. The molecule has 2 rings (SSSR count). The van der Waals surface area contributed by atoms with E-state index in [0.29, 0.717) is 13.2 Å². The average molecular weight is 324 g/mol. The second-order valence-corrected chi connectivity index (χ2v) is 5.13. The molecular formula is C15H18BrNO2. The Hall–Kier alpha value is -1.26. The number of ether oxygens (including phenoxy) is 1. The normalized spacial score (nSPS) is 10.7. The Labute approximate surface area is 122 Å². The molecule has 0 aliphatic heterocycles. The van der Waals surface area contributed by atoms with Crippen LogP contribution in [0.5, 0.6) is 0 Å². The molecule has 3 nitrogen and oxygen atoms in total. The Morgan fingerprint density at radius 3 is 2.68 bits per heavy atom. The zero-order chi connectivity index (χ0) is 13.7. The molecule has 0 saturated heterocycles. The summed E-state index contributed by atoms with van der Waals surface area (Å²) in [5.74, 6) is 1.96. The minimum atomic E-state index is 0.572. The van der Waals surface area contributed by atoms with Gasteiger partial charge in [0.1, 0.15) is 11.5 Å². The van der Waals surface area contributed by atoms with E-state index in [1.807, 2.05) is 30.3 Å². The van der Waals surface area contributed by atoms with Crippen LogP contribution in [0.25, 0.3) is 0 Å². The standard InChI is InChI=1S/C15H18BrNO2/c1-3-11-7-8-12(19-11)9-17-15-6-4-5-14(16)13(15)10-18-2/h4-8,17H,3,9-10H2,1-2H3. The zero-order valence-electron chi connectivity index (χ0n) is 11.2. The molecular weight excluding hydrogens is 306 g/mol. The van der Waals surface area contributed by atoms with Gasteiger partial charge in [0.2, 0.25) is 0 Å². The van der Waals surface area contributed by atoms with Crippen LogP contribution in [-0.4, -0.2) is 7.11 Å². The SMILES string of the molecule is CCc1ccc(CNc2cccc(Br)c2COC)o1. The summed E-state index contributed by atoms with van der Waals surface area (Å²) >= 11 is 3.55. The molecule has 19 heavy (non-hydrogen) atoms. The summed E-state index contributed by atoms with van der Waals surface area (Å²) in [5, 5.41) is 3.39. The van der Waals surface area contributed by atoms with Crippen molar-refractivity contribution >= 4 is 21.6 Å². The maximum Gasteiger partial charge on any atom is 0.123 e. The van der Waals surface area contributed by atoms with Crippen LogP contribution >= 0.6 is 15.9 Å². The molecule has 0 atom stereocenters. The van der Waals surface area contributed by atoms with Gasteiger partial charge in [0.05, 0.1) is 13.2 Å². The topological polar surface area (TPSA) is 34.4 Å². The highest BCUT2D eigenvalue weighted by molar-refractivity contribution is 9.10. The third-order valence-electron chi connectivity index (χ3n) is 2.93. The number of hydrogen-bond acceptors (Lipinski definition) is 3. The fourth-order valence-electron chi connectivity index (χ4n) is 1.90. The number of hydrogen-bond donors (Lipinski definition) is 1. The maximum absolute atomic E-state index is 5.68. The van der Waals surface area contributed by atoms with Crippen molar-refractivity contribution in [3.63, 3.8) is 0 Å². The van der Waals surface area contributed by atoms with Gasteiger partial charge in [-0.1, -0.05) is 28.9 Å². The van der Waals surface area contributed by atoms with E-state index in [4.69, 9.17) is 9.15 Å². The van der Waals surface area contributed by atoms with Gasteiger partial charge < -0.3 is 14.5 Å². The predicted molar refractivity (Wildman–Crippen MR) is 80.3 cm³/mol. The van der Waals surface area contributed by atoms with Crippen molar-refractivity contribution in [3.05, 3.63) is 51.9 Å². The number of methoxy groups -OCH3 is 1. The molecule has 0 bridgehead atoms. The van der Waals surface area contributed by atoms with E-state index < -0.39 is 0 Å². The van der Waals surface area contributed by atoms with Crippen LogP contribution in [0.2, 0.25) is 0 Å². The molecule has 1 N–H and O–H groups in total. The summed E-state index contributed by atoms with van der Waals surface area (Å²) < 4.78 is 12.0. The lowest BCUT2D eigenvalue weighted by Crippen LogP contribution is -2.03. The first-order chi connectivity index (χ1) is 9.24. The number of furan rings is 1. The van der Waals surface area contributed by atoms with Crippen LogP contribution in [0.1, 0.15) is 24.0 Å². The lowest BCUT2D eigenvalue weighted by atomic mass is 10.2. The van der Waals surface area contributed by atoms with Crippen LogP contribution in [0, 0.1) is 0 Å². The Morgan fingerprint density at radius 1 is 1.21 bits per heavy atom. The molecule has 1 aromatic heterocycles. The summed E-state index contributed by atoms with van der Waals surface area (Å²) in [5.41, 5.74) is 2.18. The largest absolute Gasteiger partial charge is 0.464 e. The highest BCUT2D eigenvalue weighted by Gasteiger charge is 2.07. The number of anilines is 1. The van der Waals surface area contributed by atoms with Gasteiger partial charge in [0.15, 0.2) is 0 Å². The van der Waals surface area contributed by atoms with Crippen molar-refractivity contribution in [1.82, 2.24) is 0 Å². The second kappa shape index (κ2) is 6.78. The second-order valence-electron chi connectivity index (χ2n) is 4.27. The first kappa shape index (κ1) is 14.2. The molecule has 0 spiro atoms. The van der Waals surface area contributed by atoms with Gasteiger partial charge >= 0.3 is 0 Å². The van der Waals surface area contributed by atoms with Crippen molar-refractivity contribution in [2.45, 2.75) is 26.5 Å². The number of halogens is 1. The number of benzene rings is 1. The van der Waals surface area contributed by atoms with E-state index in [1.54, 1.807) is 7.11 Å². The first-order valence-corrected chi connectivity index (χ1v) is 7.11. The summed E-state index contributed by atoms with van der Waals surface area (Å²) in [7, 11) is 1.70. The highest BCUT2D eigenvalue weighted by atomic mass is 79.9. The summed E-state index contributed by atoms with van der Waals surface area (Å²) in [6.07, 6.45) is 0.922. The molecule has 0 aliphatic rings. The lowest BCUT2D eigenvalue weighted by Gasteiger charge is -2.12. The summed E-state index contributed by atoms with van der Waals surface area (Å²) in [6.45, 7) is 3.33. The number of aryl methyl sites for hydroxylation is 1. The molecule has 1 heterocycles. The van der Waals surface area contributed by atoms with Crippen LogP contribution in [-0.2, 0) is 24.3 Å². The minimum Gasteiger partial charge on any atom is -0.464 e. The van der Waals surface area contributed by atoms with Crippen LogP contribution in [0.15, 0.2) is 39.2 Å². The van der Waals surface area contributed by atoms with Gasteiger partial charge in [-0.15, -0.1) is 0 Å². The monoisotopic (exact) mass is 323 g/mol.